The van der Waals surface area contributed by atoms with Crippen LogP contribution in [-0.2, 0) is 4.74 Å². The van der Waals surface area contributed by atoms with Gasteiger partial charge < -0.3 is 10.1 Å². The molecule has 2 fully saturated rings. The van der Waals surface area contributed by atoms with Crippen LogP contribution in [0.15, 0.2) is 0 Å². The minimum Gasteiger partial charge on any atom is -0.362 e. The summed E-state index contributed by atoms with van der Waals surface area (Å²) in [5.74, 6) is 0. The molecule has 0 radical (unpaired) electrons. The fourth-order valence-electron chi connectivity index (χ4n) is 1.67. The first-order valence-electron chi connectivity index (χ1n) is 3.53. The van der Waals surface area contributed by atoms with Crippen LogP contribution in [0, 0.1) is 0 Å². The Morgan fingerprint density at radius 3 is 2.25 bits per heavy atom. The third-order valence-electron chi connectivity index (χ3n) is 2.15. The van der Waals surface area contributed by atoms with Gasteiger partial charge in [0, 0.05) is 12.6 Å². The van der Waals surface area contributed by atoms with E-state index in [0.29, 0.717) is 13.0 Å². The molecule has 3 atom stereocenters. The van der Waals surface area contributed by atoms with Gasteiger partial charge in [0.25, 0.3) is 0 Å². The van der Waals surface area contributed by atoms with Gasteiger partial charge in [0.15, 0.2) is 6.10 Å². The number of alkyl halides is 3. The van der Waals surface area contributed by atoms with Gasteiger partial charge >= 0.3 is 6.18 Å². The van der Waals surface area contributed by atoms with Gasteiger partial charge in [-0.15, -0.1) is 12.4 Å². The quantitative estimate of drug-likeness (QED) is 0.637. The standard InChI is InChI=1S/C6H8F3NO.ClH/c7-6(8,9)5-4-1-3(11-5)2-10-4;/h3-5,10H,1-2H2;1H/t3-,4-,5-;/m0./s1. The lowest BCUT2D eigenvalue weighted by atomic mass is 10.1. The molecule has 2 bridgehead atoms. The monoisotopic (exact) mass is 203 g/mol. The van der Waals surface area contributed by atoms with Crippen molar-refractivity contribution in [3.8, 4) is 0 Å². The van der Waals surface area contributed by atoms with Crippen molar-refractivity contribution in [1.82, 2.24) is 5.32 Å². The van der Waals surface area contributed by atoms with E-state index in [1.54, 1.807) is 0 Å². The maximum atomic E-state index is 12.1. The average molecular weight is 204 g/mol. The van der Waals surface area contributed by atoms with Crippen molar-refractivity contribution in [2.24, 2.45) is 0 Å². The smallest absolute Gasteiger partial charge is 0.362 e. The molecular formula is C6H9ClF3NO. The predicted octanol–water partition coefficient (Wildman–Crippen LogP) is 1.10. The molecule has 0 saturated carbocycles. The molecule has 0 amide bonds. The van der Waals surface area contributed by atoms with Crippen molar-refractivity contribution >= 4 is 12.4 Å². The van der Waals surface area contributed by atoms with Gasteiger partial charge in [-0.3, -0.25) is 0 Å². The van der Waals surface area contributed by atoms with Crippen LogP contribution in [0.5, 0.6) is 0 Å². The zero-order valence-corrected chi connectivity index (χ0v) is 6.91. The van der Waals surface area contributed by atoms with E-state index in [4.69, 9.17) is 4.74 Å². The lowest BCUT2D eigenvalue weighted by Crippen LogP contribution is -2.47. The van der Waals surface area contributed by atoms with Crippen LogP contribution in [0.1, 0.15) is 6.42 Å². The minimum atomic E-state index is -4.20. The predicted molar refractivity (Wildman–Crippen MR) is 38.4 cm³/mol. The van der Waals surface area contributed by atoms with Crippen molar-refractivity contribution in [2.45, 2.75) is 30.8 Å². The van der Waals surface area contributed by atoms with Crippen LogP contribution in [0.3, 0.4) is 0 Å². The highest BCUT2D eigenvalue weighted by molar-refractivity contribution is 5.85. The fourth-order valence-corrected chi connectivity index (χ4v) is 1.67. The van der Waals surface area contributed by atoms with Crippen molar-refractivity contribution in [3.05, 3.63) is 0 Å². The first-order valence-corrected chi connectivity index (χ1v) is 3.53. The Labute approximate surface area is 73.9 Å². The highest BCUT2D eigenvalue weighted by Gasteiger charge is 2.54. The van der Waals surface area contributed by atoms with Gasteiger partial charge in [-0.2, -0.15) is 13.2 Å². The Kier molecular flexibility index (Phi) is 2.56. The normalized spacial score (nSPS) is 39.8. The van der Waals surface area contributed by atoms with E-state index in [9.17, 15) is 13.2 Å². The van der Waals surface area contributed by atoms with Gasteiger partial charge in [-0.25, -0.2) is 0 Å². The Hall–Kier alpha value is -0.0000000000000000416. The van der Waals surface area contributed by atoms with E-state index >= 15 is 0 Å². The maximum absolute atomic E-state index is 12.1. The molecule has 72 valence electrons. The number of rotatable bonds is 0. The van der Waals surface area contributed by atoms with Crippen molar-refractivity contribution < 1.29 is 17.9 Å². The van der Waals surface area contributed by atoms with E-state index in [-0.39, 0.29) is 18.5 Å². The molecule has 0 aromatic heterocycles. The number of halogens is 4. The van der Waals surface area contributed by atoms with Crippen LogP contribution in [-0.4, -0.2) is 31.0 Å². The third kappa shape index (κ3) is 1.53. The average Bonchev–Trinajstić information content (AvgIpc) is 2.42. The highest BCUT2D eigenvalue weighted by atomic mass is 35.5. The Morgan fingerprint density at radius 1 is 1.33 bits per heavy atom. The van der Waals surface area contributed by atoms with E-state index in [1.165, 1.54) is 0 Å². The van der Waals surface area contributed by atoms with E-state index in [0.717, 1.165) is 0 Å². The third-order valence-corrected chi connectivity index (χ3v) is 2.15. The lowest BCUT2D eigenvalue weighted by Gasteiger charge is -2.25. The topological polar surface area (TPSA) is 21.3 Å². The zero-order valence-electron chi connectivity index (χ0n) is 6.10. The molecule has 0 unspecified atom stereocenters. The van der Waals surface area contributed by atoms with Crippen LogP contribution >= 0.6 is 12.4 Å². The van der Waals surface area contributed by atoms with Crippen molar-refractivity contribution in [3.63, 3.8) is 0 Å². The summed E-state index contributed by atoms with van der Waals surface area (Å²) < 4.78 is 40.9. The Balaban J connectivity index is 0.000000720. The van der Waals surface area contributed by atoms with E-state index in [1.807, 2.05) is 0 Å². The number of fused-ring (bicyclic) bond motifs is 2. The summed E-state index contributed by atoms with van der Waals surface area (Å²) in [6.45, 7) is 0.567. The second kappa shape index (κ2) is 3.05. The van der Waals surface area contributed by atoms with Crippen LogP contribution < -0.4 is 5.32 Å². The molecule has 0 spiro atoms. The first-order chi connectivity index (χ1) is 5.07. The maximum Gasteiger partial charge on any atom is 0.416 e. The first kappa shape index (κ1) is 10.1. The Bertz CT molecular complexity index is 175. The molecule has 1 N–H and O–H groups in total. The fraction of sp³-hybridized carbons (Fsp3) is 1.00. The zero-order chi connectivity index (χ0) is 8.06. The summed E-state index contributed by atoms with van der Waals surface area (Å²) in [6.07, 6.45) is -5.48. The Morgan fingerprint density at radius 2 is 2.00 bits per heavy atom. The van der Waals surface area contributed by atoms with Crippen molar-refractivity contribution in [2.75, 3.05) is 6.54 Å². The largest absolute Gasteiger partial charge is 0.416 e. The molecule has 2 aliphatic rings. The number of hydrogen-bond acceptors (Lipinski definition) is 2. The minimum absolute atomic E-state index is 0. The molecule has 0 aromatic carbocycles. The van der Waals surface area contributed by atoms with Crippen LogP contribution in [0.4, 0.5) is 13.2 Å². The van der Waals surface area contributed by atoms with Gasteiger partial charge in [-0.05, 0) is 6.42 Å². The number of nitrogens with one attached hydrogen (secondary N) is 1. The second-order valence-corrected chi connectivity index (χ2v) is 2.97. The van der Waals surface area contributed by atoms with Gasteiger partial charge in [-0.1, -0.05) is 0 Å². The summed E-state index contributed by atoms with van der Waals surface area (Å²) in [7, 11) is 0. The van der Waals surface area contributed by atoms with Gasteiger partial charge in [0.05, 0.1) is 6.10 Å². The molecule has 2 saturated heterocycles. The SMILES string of the molecule is Cl.FC(F)(F)[C@H]1O[C@@H]2CN[C@H]1C2. The summed E-state index contributed by atoms with van der Waals surface area (Å²) >= 11 is 0. The number of hydrogen-bond donors (Lipinski definition) is 1. The molecule has 0 aromatic rings. The molecule has 2 nitrogen and oxygen atoms in total. The molecule has 2 rings (SSSR count). The molecule has 2 heterocycles. The van der Waals surface area contributed by atoms with Gasteiger partial charge in [0.2, 0.25) is 0 Å². The molecule has 2 aliphatic heterocycles. The van der Waals surface area contributed by atoms with Crippen molar-refractivity contribution in [1.29, 1.82) is 0 Å². The summed E-state index contributed by atoms with van der Waals surface area (Å²) in [6, 6.07) is -0.500. The number of morpholine rings is 1. The molecule has 6 heteroatoms. The van der Waals surface area contributed by atoms with Crippen LogP contribution in [0.2, 0.25) is 0 Å². The molecule has 0 aliphatic carbocycles. The van der Waals surface area contributed by atoms with E-state index < -0.39 is 18.3 Å². The number of ether oxygens (including phenoxy) is 1. The second-order valence-electron chi connectivity index (χ2n) is 2.97. The van der Waals surface area contributed by atoms with Crippen LogP contribution in [0.25, 0.3) is 0 Å². The summed E-state index contributed by atoms with van der Waals surface area (Å²) in [5.41, 5.74) is 0. The summed E-state index contributed by atoms with van der Waals surface area (Å²) in [4.78, 5) is 0. The summed E-state index contributed by atoms with van der Waals surface area (Å²) in [5, 5.41) is 2.77. The molecule has 12 heavy (non-hydrogen) atoms. The molecular weight excluding hydrogens is 195 g/mol. The highest BCUT2D eigenvalue weighted by Crippen LogP contribution is 2.36. The van der Waals surface area contributed by atoms with E-state index in [2.05, 4.69) is 5.32 Å². The van der Waals surface area contributed by atoms with Gasteiger partial charge in [0.1, 0.15) is 0 Å². The lowest BCUT2D eigenvalue weighted by molar-refractivity contribution is -0.225.